The second-order valence-electron chi connectivity index (χ2n) is 2.62. The summed E-state index contributed by atoms with van der Waals surface area (Å²) in [5.74, 6) is 0.127. The fraction of sp³-hybridized carbons (Fsp3) is 0.375. The molecule has 0 aliphatic rings. The Balaban J connectivity index is 3.31. The highest BCUT2D eigenvalue weighted by atomic mass is 19.3. The molecule has 0 saturated heterocycles. The molecule has 3 N–H and O–H groups in total. The molecule has 6 heteroatoms. The molecule has 0 saturated carbocycles. The van der Waals surface area contributed by atoms with Crippen LogP contribution in [0.5, 0.6) is 5.88 Å². The fourth-order valence-corrected chi connectivity index (χ4v) is 1.07. The lowest BCUT2D eigenvalue weighted by Crippen LogP contribution is -2.16. The zero-order chi connectivity index (χ0) is 10.7. The summed E-state index contributed by atoms with van der Waals surface area (Å²) in [6.45, 7) is 0.0275. The number of alkyl halides is 2. The Morgan fingerprint density at radius 2 is 2.29 bits per heavy atom. The lowest BCUT2D eigenvalue weighted by atomic mass is 10.2. The molecular formula is C8H10F2N2O2. The van der Waals surface area contributed by atoms with Crippen LogP contribution in [-0.2, 0) is 6.54 Å². The maximum atomic E-state index is 12.3. The van der Waals surface area contributed by atoms with E-state index in [0.717, 1.165) is 6.07 Å². The summed E-state index contributed by atoms with van der Waals surface area (Å²) < 4.78 is 29.3. The van der Waals surface area contributed by atoms with Gasteiger partial charge in [0.15, 0.2) is 5.88 Å². The minimum atomic E-state index is -2.81. The average Bonchev–Trinajstić information content (AvgIpc) is 2.16. The number of hydrogen-bond donors (Lipinski definition) is 2. The summed E-state index contributed by atoms with van der Waals surface area (Å²) in [5.41, 5.74) is 4.20. The Bertz CT molecular complexity index is 376. The molecule has 0 bridgehead atoms. The van der Waals surface area contributed by atoms with Crippen molar-refractivity contribution in [3.8, 4) is 5.88 Å². The smallest absolute Gasteiger partial charge is 0.269 e. The summed E-state index contributed by atoms with van der Waals surface area (Å²) in [5, 5.41) is 0. The molecule has 1 aromatic rings. The topological polar surface area (TPSA) is 68.1 Å². The Morgan fingerprint density at radius 3 is 2.71 bits per heavy atom. The predicted molar refractivity (Wildman–Crippen MR) is 46.5 cm³/mol. The molecule has 1 heterocycles. The van der Waals surface area contributed by atoms with Crippen molar-refractivity contribution in [2.45, 2.75) is 13.0 Å². The van der Waals surface area contributed by atoms with Gasteiger partial charge in [0.25, 0.3) is 12.0 Å². The number of H-pyrrole nitrogens is 1. The number of aromatic amines is 1. The lowest BCUT2D eigenvalue weighted by molar-refractivity contribution is 0.149. The van der Waals surface area contributed by atoms with E-state index in [1.165, 1.54) is 7.11 Å². The van der Waals surface area contributed by atoms with Gasteiger partial charge in [-0.05, 0) is 6.07 Å². The van der Waals surface area contributed by atoms with Crippen LogP contribution in [0, 0.1) is 0 Å². The van der Waals surface area contributed by atoms with Gasteiger partial charge in [0, 0.05) is 12.1 Å². The predicted octanol–water partition coefficient (Wildman–Crippen LogP) is 0.780. The van der Waals surface area contributed by atoms with Crippen molar-refractivity contribution in [3.63, 3.8) is 0 Å². The molecule has 0 aliphatic heterocycles. The van der Waals surface area contributed by atoms with Crippen LogP contribution in [0.2, 0.25) is 0 Å². The van der Waals surface area contributed by atoms with Gasteiger partial charge in [-0.1, -0.05) is 0 Å². The SMILES string of the molecule is COc1[nH]c(=O)c(C(F)F)cc1CN. The van der Waals surface area contributed by atoms with Crippen LogP contribution in [0.4, 0.5) is 8.78 Å². The molecule has 0 radical (unpaired) electrons. The zero-order valence-corrected chi connectivity index (χ0v) is 7.51. The van der Waals surface area contributed by atoms with Crippen LogP contribution < -0.4 is 16.0 Å². The fourth-order valence-electron chi connectivity index (χ4n) is 1.07. The summed E-state index contributed by atoms with van der Waals surface area (Å²) in [6, 6.07) is 1.06. The molecule has 1 aromatic heterocycles. The number of hydrogen-bond acceptors (Lipinski definition) is 3. The number of nitrogens with one attached hydrogen (secondary N) is 1. The van der Waals surface area contributed by atoms with Gasteiger partial charge < -0.3 is 10.5 Å². The first kappa shape index (κ1) is 10.6. The van der Waals surface area contributed by atoms with Crippen molar-refractivity contribution >= 4 is 0 Å². The largest absolute Gasteiger partial charge is 0.482 e. The Labute approximate surface area is 78.7 Å². The third kappa shape index (κ3) is 1.90. The monoisotopic (exact) mass is 204 g/mol. The third-order valence-corrected chi connectivity index (χ3v) is 1.77. The van der Waals surface area contributed by atoms with Gasteiger partial charge in [0.05, 0.1) is 12.7 Å². The number of methoxy groups -OCH3 is 1. The molecule has 14 heavy (non-hydrogen) atoms. The van der Waals surface area contributed by atoms with E-state index in [2.05, 4.69) is 4.98 Å². The van der Waals surface area contributed by atoms with Crippen LogP contribution >= 0.6 is 0 Å². The number of nitrogens with two attached hydrogens (primary N) is 1. The van der Waals surface area contributed by atoms with E-state index in [0.29, 0.717) is 5.56 Å². The van der Waals surface area contributed by atoms with E-state index in [4.69, 9.17) is 10.5 Å². The minimum Gasteiger partial charge on any atom is -0.482 e. The number of halogens is 2. The summed E-state index contributed by atoms with van der Waals surface area (Å²) in [6.07, 6.45) is -2.81. The highest BCUT2D eigenvalue weighted by Gasteiger charge is 2.15. The molecule has 0 amide bonds. The van der Waals surface area contributed by atoms with Crippen molar-refractivity contribution in [1.82, 2.24) is 4.98 Å². The molecule has 78 valence electrons. The normalized spacial score (nSPS) is 10.6. The zero-order valence-electron chi connectivity index (χ0n) is 7.51. The van der Waals surface area contributed by atoms with E-state index in [9.17, 15) is 13.6 Å². The first-order valence-electron chi connectivity index (χ1n) is 3.88. The summed E-state index contributed by atoms with van der Waals surface area (Å²) >= 11 is 0. The number of aromatic nitrogens is 1. The second-order valence-corrected chi connectivity index (χ2v) is 2.62. The number of rotatable bonds is 3. The maximum Gasteiger partial charge on any atom is 0.269 e. The van der Waals surface area contributed by atoms with Gasteiger partial charge in [-0.3, -0.25) is 9.78 Å². The molecule has 0 atom stereocenters. The highest BCUT2D eigenvalue weighted by Crippen LogP contribution is 2.19. The van der Waals surface area contributed by atoms with Gasteiger partial charge >= 0.3 is 0 Å². The number of ether oxygens (including phenoxy) is 1. The van der Waals surface area contributed by atoms with Crippen molar-refractivity contribution in [2.24, 2.45) is 5.73 Å². The van der Waals surface area contributed by atoms with Gasteiger partial charge in [0.1, 0.15) is 0 Å². The molecule has 4 nitrogen and oxygen atoms in total. The lowest BCUT2D eigenvalue weighted by Gasteiger charge is -2.07. The standard InChI is InChI=1S/C8H10F2N2O2/c1-14-8-4(3-11)2-5(6(9)10)7(13)12-8/h2,6H,3,11H2,1H3,(H,12,13). The van der Waals surface area contributed by atoms with Crippen LogP contribution in [0.1, 0.15) is 17.6 Å². The van der Waals surface area contributed by atoms with Gasteiger partial charge in [-0.25, -0.2) is 8.78 Å². The van der Waals surface area contributed by atoms with Crippen LogP contribution in [0.3, 0.4) is 0 Å². The van der Waals surface area contributed by atoms with Crippen molar-refractivity contribution in [3.05, 3.63) is 27.5 Å². The first-order chi connectivity index (χ1) is 6.60. The molecule has 0 spiro atoms. The van der Waals surface area contributed by atoms with Crippen molar-refractivity contribution in [1.29, 1.82) is 0 Å². The van der Waals surface area contributed by atoms with Crippen LogP contribution in [-0.4, -0.2) is 12.1 Å². The minimum absolute atomic E-state index is 0.0275. The summed E-state index contributed by atoms with van der Waals surface area (Å²) in [7, 11) is 1.33. The molecule has 0 aromatic carbocycles. The first-order valence-corrected chi connectivity index (χ1v) is 3.88. The van der Waals surface area contributed by atoms with Crippen LogP contribution in [0.25, 0.3) is 0 Å². The van der Waals surface area contributed by atoms with E-state index in [1.54, 1.807) is 0 Å². The van der Waals surface area contributed by atoms with Gasteiger partial charge in [0.2, 0.25) is 0 Å². The molecule has 0 aliphatic carbocycles. The average molecular weight is 204 g/mol. The van der Waals surface area contributed by atoms with E-state index in [1.807, 2.05) is 0 Å². The van der Waals surface area contributed by atoms with Crippen molar-refractivity contribution in [2.75, 3.05) is 7.11 Å². The second kappa shape index (κ2) is 4.19. The molecule has 0 fully saturated rings. The number of pyridine rings is 1. The van der Waals surface area contributed by atoms with Gasteiger partial charge in [-0.2, -0.15) is 0 Å². The van der Waals surface area contributed by atoms with Gasteiger partial charge in [-0.15, -0.1) is 0 Å². The van der Waals surface area contributed by atoms with E-state index in [-0.39, 0.29) is 12.4 Å². The summed E-state index contributed by atoms with van der Waals surface area (Å²) in [4.78, 5) is 13.2. The molecule has 1 rings (SSSR count). The Hall–Kier alpha value is -1.43. The molecular weight excluding hydrogens is 194 g/mol. The quantitative estimate of drug-likeness (QED) is 0.764. The van der Waals surface area contributed by atoms with Crippen LogP contribution in [0.15, 0.2) is 10.9 Å². The van der Waals surface area contributed by atoms with Crippen molar-refractivity contribution < 1.29 is 13.5 Å². The third-order valence-electron chi connectivity index (χ3n) is 1.77. The highest BCUT2D eigenvalue weighted by molar-refractivity contribution is 5.30. The van der Waals surface area contributed by atoms with E-state index >= 15 is 0 Å². The van der Waals surface area contributed by atoms with E-state index < -0.39 is 17.5 Å². The Morgan fingerprint density at radius 1 is 1.64 bits per heavy atom. The Kier molecular flexibility index (Phi) is 3.19. The molecule has 0 unspecified atom stereocenters. The maximum absolute atomic E-state index is 12.3.